The third kappa shape index (κ3) is 5.56. The Morgan fingerprint density at radius 1 is 0.862 bits per heavy atom. The topological polar surface area (TPSA) is 67.4 Å². The highest BCUT2D eigenvalue weighted by molar-refractivity contribution is 6.10. The molecule has 29 heavy (non-hydrogen) atoms. The molecule has 3 rings (SSSR count). The highest BCUT2D eigenvalue weighted by Gasteiger charge is 2.15. The summed E-state index contributed by atoms with van der Waals surface area (Å²) in [6.07, 6.45) is 1.63. The second-order valence-corrected chi connectivity index (χ2v) is 6.47. The van der Waals surface area contributed by atoms with Crippen molar-refractivity contribution in [1.82, 2.24) is 5.32 Å². The van der Waals surface area contributed by atoms with Crippen LogP contribution in [0.15, 0.2) is 84.6 Å². The van der Waals surface area contributed by atoms with E-state index in [-0.39, 0.29) is 11.6 Å². The number of benzene rings is 3. The van der Waals surface area contributed by atoms with Gasteiger partial charge < -0.3 is 15.4 Å². The van der Waals surface area contributed by atoms with Gasteiger partial charge in [0.25, 0.3) is 11.8 Å². The fourth-order valence-electron chi connectivity index (χ4n) is 2.64. The monoisotopic (exact) mass is 386 g/mol. The zero-order valence-corrected chi connectivity index (χ0v) is 16.3. The molecule has 0 atom stereocenters. The molecular formula is C24H22N2O3. The molecule has 0 radical (unpaired) electrons. The first-order valence-corrected chi connectivity index (χ1v) is 9.15. The molecule has 2 amide bonds. The smallest absolute Gasteiger partial charge is 0.272 e. The first kappa shape index (κ1) is 19.9. The van der Waals surface area contributed by atoms with E-state index in [0.717, 1.165) is 11.1 Å². The summed E-state index contributed by atoms with van der Waals surface area (Å²) in [4.78, 5) is 25.5. The molecular weight excluding hydrogens is 364 g/mol. The number of ether oxygens (including phenoxy) is 1. The molecule has 2 N–H and O–H groups in total. The normalized spacial score (nSPS) is 10.9. The van der Waals surface area contributed by atoms with E-state index in [1.807, 2.05) is 49.4 Å². The van der Waals surface area contributed by atoms with Gasteiger partial charge in [-0.05, 0) is 55.0 Å². The van der Waals surface area contributed by atoms with Crippen molar-refractivity contribution in [3.8, 4) is 5.75 Å². The number of nitrogens with one attached hydrogen (secondary N) is 2. The summed E-state index contributed by atoms with van der Waals surface area (Å²) in [5.74, 6) is -0.0541. The number of carbonyl (C=O) groups is 2. The molecule has 0 bridgehead atoms. The third-order valence-electron chi connectivity index (χ3n) is 4.27. The highest BCUT2D eigenvalue weighted by Crippen LogP contribution is 2.15. The van der Waals surface area contributed by atoms with Gasteiger partial charge in [0.05, 0.1) is 7.11 Å². The van der Waals surface area contributed by atoms with Crippen molar-refractivity contribution in [3.63, 3.8) is 0 Å². The zero-order valence-electron chi connectivity index (χ0n) is 16.3. The number of para-hydroxylation sites is 1. The van der Waals surface area contributed by atoms with Crippen LogP contribution in [0.4, 0.5) is 5.69 Å². The Hall–Kier alpha value is -3.86. The molecule has 0 aliphatic heterocycles. The van der Waals surface area contributed by atoms with Gasteiger partial charge in [0, 0.05) is 11.3 Å². The van der Waals surface area contributed by atoms with Gasteiger partial charge in [-0.2, -0.15) is 0 Å². The number of hydrogen-bond acceptors (Lipinski definition) is 3. The van der Waals surface area contributed by atoms with Crippen LogP contribution in [0, 0.1) is 6.92 Å². The van der Waals surface area contributed by atoms with Gasteiger partial charge in [-0.3, -0.25) is 9.59 Å². The van der Waals surface area contributed by atoms with Crippen LogP contribution in [-0.4, -0.2) is 18.9 Å². The minimum atomic E-state index is -0.410. The van der Waals surface area contributed by atoms with E-state index in [4.69, 9.17) is 4.74 Å². The number of carbonyl (C=O) groups excluding carboxylic acids is 2. The van der Waals surface area contributed by atoms with Crippen molar-refractivity contribution >= 4 is 23.6 Å². The van der Waals surface area contributed by atoms with E-state index in [9.17, 15) is 9.59 Å². The summed E-state index contributed by atoms with van der Waals surface area (Å²) < 4.78 is 5.16. The Labute approximate surface area is 170 Å². The third-order valence-corrected chi connectivity index (χ3v) is 4.27. The molecule has 146 valence electrons. The van der Waals surface area contributed by atoms with Crippen molar-refractivity contribution in [1.29, 1.82) is 0 Å². The van der Waals surface area contributed by atoms with Crippen LogP contribution in [0.1, 0.15) is 21.5 Å². The molecule has 5 nitrogen and oxygen atoms in total. The van der Waals surface area contributed by atoms with Crippen molar-refractivity contribution in [2.45, 2.75) is 6.92 Å². The molecule has 5 heteroatoms. The first-order valence-electron chi connectivity index (χ1n) is 9.15. The number of anilines is 1. The lowest BCUT2D eigenvalue weighted by Crippen LogP contribution is -2.30. The number of amides is 2. The minimum Gasteiger partial charge on any atom is -0.497 e. The van der Waals surface area contributed by atoms with Gasteiger partial charge in [-0.15, -0.1) is 0 Å². The van der Waals surface area contributed by atoms with Crippen LogP contribution in [0.25, 0.3) is 6.08 Å². The zero-order chi connectivity index (χ0) is 20.6. The molecule has 0 aliphatic carbocycles. The van der Waals surface area contributed by atoms with Gasteiger partial charge in [0.15, 0.2) is 0 Å². The van der Waals surface area contributed by atoms with Gasteiger partial charge in [0.2, 0.25) is 0 Å². The molecule has 0 aliphatic rings. The largest absolute Gasteiger partial charge is 0.497 e. The maximum absolute atomic E-state index is 12.8. The Kier molecular flexibility index (Phi) is 6.43. The molecule has 0 aromatic heterocycles. The van der Waals surface area contributed by atoms with Gasteiger partial charge >= 0.3 is 0 Å². The van der Waals surface area contributed by atoms with Crippen molar-refractivity contribution in [3.05, 3.63) is 101 Å². The summed E-state index contributed by atoms with van der Waals surface area (Å²) >= 11 is 0. The van der Waals surface area contributed by atoms with E-state index in [0.29, 0.717) is 17.0 Å². The number of rotatable bonds is 6. The van der Waals surface area contributed by atoms with Crippen molar-refractivity contribution in [2.75, 3.05) is 12.4 Å². The molecule has 0 heterocycles. The molecule has 0 saturated carbocycles. The van der Waals surface area contributed by atoms with E-state index in [1.165, 1.54) is 0 Å². The lowest BCUT2D eigenvalue weighted by atomic mass is 10.1. The van der Waals surface area contributed by atoms with Crippen LogP contribution in [0.2, 0.25) is 0 Å². The van der Waals surface area contributed by atoms with Crippen molar-refractivity contribution < 1.29 is 14.3 Å². The molecule has 3 aromatic carbocycles. The standard InChI is InChI=1S/C24H22N2O3/c1-17-8-12-19(13-9-17)23(27)26-22(16-18-10-14-21(29-2)15-11-18)24(28)25-20-6-4-3-5-7-20/h3-16H,1-2H3,(H,25,28)(H,26,27)/b22-16+. The quantitative estimate of drug-likeness (QED) is 0.617. The van der Waals surface area contributed by atoms with Crippen LogP contribution < -0.4 is 15.4 Å². The maximum Gasteiger partial charge on any atom is 0.272 e. The summed E-state index contributed by atoms with van der Waals surface area (Å²) in [6, 6.07) is 23.5. The van der Waals surface area contributed by atoms with E-state index in [2.05, 4.69) is 10.6 Å². The lowest BCUT2D eigenvalue weighted by molar-refractivity contribution is -0.113. The minimum absolute atomic E-state index is 0.143. The Morgan fingerprint density at radius 3 is 2.14 bits per heavy atom. The molecule has 0 saturated heterocycles. The summed E-state index contributed by atoms with van der Waals surface area (Å²) in [5, 5.41) is 5.53. The van der Waals surface area contributed by atoms with Crippen molar-refractivity contribution in [2.24, 2.45) is 0 Å². The second kappa shape index (κ2) is 9.37. The number of hydrogen-bond donors (Lipinski definition) is 2. The Balaban J connectivity index is 1.87. The lowest BCUT2D eigenvalue weighted by Gasteiger charge is -2.12. The van der Waals surface area contributed by atoms with Crippen LogP contribution in [0.5, 0.6) is 5.75 Å². The van der Waals surface area contributed by atoms with Crippen LogP contribution >= 0.6 is 0 Å². The molecule has 3 aromatic rings. The Morgan fingerprint density at radius 2 is 1.52 bits per heavy atom. The van der Waals surface area contributed by atoms with E-state index in [1.54, 1.807) is 49.6 Å². The predicted molar refractivity (Wildman–Crippen MR) is 115 cm³/mol. The maximum atomic E-state index is 12.8. The van der Waals surface area contributed by atoms with E-state index >= 15 is 0 Å². The Bertz CT molecular complexity index is 1010. The molecule has 0 unspecified atom stereocenters. The number of aryl methyl sites for hydroxylation is 1. The van der Waals surface area contributed by atoms with Gasteiger partial charge in [-0.25, -0.2) is 0 Å². The van der Waals surface area contributed by atoms with Crippen LogP contribution in [0.3, 0.4) is 0 Å². The van der Waals surface area contributed by atoms with Gasteiger partial charge in [0.1, 0.15) is 11.4 Å². The average Bonchev–Trinajstić information content (AvgIpc) is 2.75. The fourth-order valence-corrected chi connectivity index (χ4v) is 2.64. The summed E-state index contributed by atoms with van der Waals surface area (Å²) in [7, 11) is 1.59. The summed E-state index contributed by atoms with van der Waals surface area (Å²) in [5.41, 5.74) is 3.07. The first-order chi connectivity index (χ1) is 14.0. The van der Waals surface area contributed by atoms with E-state index < -0.39 is 5.91 Å². The predicted octanol–water partition coefficient (Wildman–Crippen LogP) is 4.41. The molecule has 0 spiro atoms. The highest BCUT2D eigenvalue weighted by atomic mass is 16.5. The summed E-state index contributed by atoms with van der Waals surface area (Å²) in [6.45, 7) is 1.95. The van der Waals surface area contributed by atoms with Gasteiger partial charge in [-0.1, -0.05) is 48.0 Å². The number of methoxy groups -OCH3 is 1. The molecule has 0 fully saturated rings. The second-order valence-electron chi connectivity index (χ2n) is 6.47. The SMILES string of the molecule is COc1ccc(/C=C(/NC(=O)c2ccc(C)cc2)C(=O)Nc2ccccc2)cc1. The van der Waals surface area contributed by atoms with Crippen LogP contribution in [-0.2, 0) is 4.79 Å². The average molecular weight is 386 g/mol. The fraction of sp³-hybridized carbons (Fsp3) is 0.0833.